The maximum Gasteiger partial charge on any atom is 0.306 e. The number of halogens is 1. The van der Waals surface area contributed by atoms with Crippen LogP contribution in [0.15, 0.2) is 57.9 Å². The first-order chi connectivity index (χ1) is 15.0. The zero-order chi connectivity index (χ0) is 22.1. The molecule has 0 saturated heterocycles. The van der Waals surface area contributed by atoms with E-state index in [9.17, 15) is 14.0 Å². The van der Waals surface area contributed by atoms with Gasteiger partial charge in [0.15, 0.2) is 6.61 Å². The number of aryl methyl sites for hydroxylation is 2. The predicted molar refractivity (Wildman–Crippen MR) is 114 cm³/mol. The highest BCUT2D eigenvalue weighted by Crippen LogP contribution is 2.18. The molecule has 0 atom stereocenters. The lowest BCUT2D eigenvalue weighted by molar-refractivity contribution is -0.148. The van der Waals surface area contributed by atoms with Gasteiger partial charge in [-0.05, 0) is 43.3 Å². The number of carbonyl (C=O) groups excluding carboxylic acids is 2. The van der Waals surface area contributed by atoms with E-state index in [1.165, 1.54) is 29.8 Å². The van der Waals surface area contributed by atoms with Crippen molar-refractivity contribution < 1.29 is 23.2 Å². The summed E-state index contributed by atoms with van der Waals surface area (Å²) in [6.07, 6.45) is 0.184. The van der Waals surface area contributed by atoms with E-state index in [0.29, 0.717) is 17.9 Å². The minimum Gasteiger partial charge on any atom is -0.456 e. The number of carbonyl (C=O) groups is 2. The summed E-state index contributed by atoms with van der Waals surface area (Å²) in [5.74, 6) is 0.0420. The van der Waals surface area contributed by atoms with Crippen molar-refractivity contribution in [2.45, 2.75) is 24.7 Å². The minimum absolute atomic E-state index is 0.00159. The Balaban J connectivity index is 1.30. The fraction of sp³-hybridized carbons (Fsp3) is 0.273. The topological polar surface area (TPSA) is 94.3 Å². The van der Waals surface area contributed by atoms with Crippen LogP contribution in [-0.4, -0.2) is 40.9 Å². The summed E-state index contributed by atoms with van der Waals surface area (Å²) in [5, 5.41) is 6.52. The molecule has 0 radical (unpaired) electrons. The number of aromatic nitrogens is 2. The molecule has 0 aliphatic carbocycles. The Morgan fingerprint density at radius 3 is 2.61 bits per heavy atom. The standard InChI is InChI=1S/C22H22FN3O4S/c1-15-2-8-18(9-3-15)31-13-12-24-19(27)14-29-21(28)11-10-20-25-22(26-30-20)16-4-6-17(23)7-5-16/h2-9H,10-14H2,1H3,(H,24,27). The highest BCUT2D eigenvalue weighted by molar-refractivity contribution is 7.99. The number of rotatable bonds is 10. The third-order valence-corrected chi connectivity index (χ3v) is 5.21. The molecule has 31 heavy (non-hydrogen) atoms. The number of nitrogens with zero attached hydrogens (tertiary/aromatic N) is 2. The third-order valence-electron chi connectivity index (χ3n) is 4.19. The molecule has 1 aromatic heterocycles. The fourth-order valence-electron chi connectivity index (χ4n) is 2.54. The largest absolute Gasteiger partial charge is 0.456 e. The number of hydrogen-bond donors (Lipinski definition) is 1. The van der Waals surface area contributed by atoms with Gasteiger partial charge in [-0.3, -0.25) is 9.59 Å². The Morgan fingerprint density at radius 1 is 1.13 bits per heavy atom. The van der Waals surface area contributed by atoms with E-state index in [0.717, 1.165) is 10.6 Å². The Bertz CT molecular complexity index is 1010. The highest BCUT2D eigenvalue weighted by atomic mass is 32.2. The van der Waals surface area contributed by atoms with E-state index < -0.39 is 5.97 Å². The summed E-state index contributed by atoms with van der Waals surface area (Å²) in [6, 6.07) is 13.8. The molecule has 0 aliphatic rings. The van der Waals surface area contributed by atoms with Crippen molar-refractivity contribution in [3.05, 3.63) is 65.8 Å². The summed E-state index contributed by atoms with van der Waals surface area (Å²) in [4.78, 5) is 28.9. The Hall–Kier alpha value is -3.20. The molecule has 0 saturated carbocycles. The molecule has 3 rings (SSSR count). The van der Waals surface area contributed by atoms with Crippen LogP contribution >= 0.6 is 11.8 Å². The first-order valence-electron chi connectivity index (χ1n) is 9.70. The van der Waals surface area contributed by atoms with Crippen LogP contribution in [0.3, 0.4) is 0 Å². The van der Waals surface area contributed by atoms with Crippen LogP contribution in [0.5, 0.6) is 0 Å². The first-order valence-corrected chi connectivity index (χ1v) is 10.7. The highest BCUT2D eigenvalue weighted by Gasteiger charge is 2.12. The quantitative estimate of drug-likeness (QED) is 0.291. The van der Waals surface area contributed by atoms with Crippen molar-refractivity contribution in [1.82, 2.24) is 15.5 Å². The van der Waals surface area contributed by atoms with Crippen molar-refractivity contribution in [3.63, 3.8) is 0 Å². The SMILES string of the molecule is Cc1ccc(SCCNC(=O)COC(=O)CCc2nc(-c3ccc(F)cc3)no2)cc1. The number of nitrogens with one attached hydrogen (secondary N) is 1. The monoisotopic (exact) mass is 443 g/mol. The van der Waals surface area contributed by atoms with Gasteiger partial charge in [0.25, 0.3) is 5.91 Å². The molecular formula is C22H22FN3O4S. The van der Waals surface area contributed by atoms with Crippen molar-refractivity contribution in [2.24, 2.45) is 0 Å². The average molecular weight is 444 g/mol. The normalized spacial score (nSPS) is 10.6. The molecule has 7 nitrogen and oxygen atoms in total. The summed E-state index contributed by atoms with van der Waals surface area (Å²) in [5.41, 5.74) is 1.81. The minimum atomic E-state index is -0.536. The molecule has 1 N–H and O–H groups in total. The summed E-state index contributed by atoms with van der Waals surface area (Å²) >= 11 is 1.64. The van der Waals surface area contributed by atoms with Crippen molar-refractivity contribution in [3.8, 4) is 11.4 Å². The zero-order valence-electron chi connectivity index (χ0n) is 17.0. The molecule has 1 amide bonds. The smallest absolute Gasteiger partial charge is 0.306 e. The zero-order valence-corrected chi connectivity index (χ0v) is 17.8. The lowest BCUT2D eigenvalue weighted by Crippen LogP contribution is -2.30. The van der Waals surface area contributed by atoms with Gasteiger partial charge in [0.2, 0.25) is 11.7 Å². The molecule has 1 heterocycles. The summed E-state index contributed by atoms with van der Waals surface area (Å²) in [7, 11) is 0. The molecule has 3 aromatic rings. The van der Waals surface area contributed by atoms with Gasteiger partial charge >= 0.3 is 5.97 Å². The summed E-state index contributed by atoms with van der Waals surface area (Å²) < 4.78 is 23.0. The van der Waals surface area contributed by atoms with Crippen LogP contribution in [0.4, 0.5) is 4.39 Å². The average Bonchev–Trinajstić information content (AvgIpc) is 3.24. The van der Waals surface area contributed by atoms with Gasteiger partial charge in [0.1, 0.15) is 5.82 Å². The molecule has 0 aliphatic heterocycles. The maximum atomic E-state index is 13.0. The van der Waals surface area contributed by atoms with E-state index in [-0.39, 0.29) is 37.1 Å². The lowest BCUT2D eigenvalue weighted by atomic mass is 10.2. The molecule has 0 spiro atoms. The van der Waals surface area contributed by atoms with Crippen molar-refractivity contribution in [2.75, 3.05) is 18.9 Å². The van der Waals surface area contributed by atoms with Crippen LogP contribution in [0.25, 0.3) is 11.4 Å². The van der Waals surface area contributed by atoms with E-state index in [2.05, 4.69) is 15.5 Å². The second kappa shape index (κ2) is 11.3. The van der Waals surface area contributed by atoms with Crippen molar-refractivity contribution >= 4 is 23.6 Å². The lowest BCUT2D eigenvalue weighted by Gasteiger charge is -2.06. The number of hydrogen-bond acceptors (Lipinski definition) is 7. The molecular weight excluding hydrogens is 421 g/mol. The molecule has 162 valence electrons. The van der Waals surface area contributed by atoms with Gasteiger partial charge in [-0.25, -0.2) is 4.39 Å². The van der Waals surface area contributed by atoms with E-state index in [1.54, 1.807) is 11.8 Å². The number of ether oxygens (including phenoxy) is 1. The van der Waals surface area contributed by atoms with Gasteiger partial charge in [-0.2, -0.15) is 4.98 Å². The Kier molecular flexibility index (Phi) is 8.17. The van der Waals surface area contributed by atoms with Gasteiger partial charge < -0.3 is 14.6 Å². The van der Waals surface area contributed by atoms with Crippen LogP contribution in [0, 0.1) is 12.7 Å². The van der Waals surface area contributed by atoms with Crippen LogP contribution in [0.2, 0.25) is 0 Å². The molecule has 0 bridgehead atoms. The Morgan fingerprint density at radius 2 is 1.87 bits per heavy atom. The van der Waals surface area contributed by atoms with E-state index in [1.807, 2.05) is 31.2 Å². The van der Waals surface area contributed by atoms with Gasteiger partial charge in [0, 0.05) is 29.2 Å². The molecule has 0 fully saturated rings. The second-order valence-corrected chi connectivity index (χ2v) is 7.86. The van der Waals surface area contributed by atoms with Crippen LogP contribution < -0.4 is 5.32 Å². The Labute approximate surface area is 183 Å². The first kappa shape index (κ1) is 22.5. The van der Waals surface area contributed by atoms with Crippen LogP contribution in [-0.2, 0) is 20.7 Å². The number of thioether (sulfide) groups is 1. The summed E-state index contributed by atoms with van der Waals surface area (Å²) in [6.45, 7) is 2.17. The second-order valence-electron chi connectivity index (χ2n) is 6.69. The number of esters is 1. The molecule has 2 aromatic carbocycles. The maximum absolute atomic E-state index is 13.0. The predicted octanol–water partition coefficient (Wildman–Crippen LogP) is 3.57. The van der Waals surface area contributed by atoms with Gasteiger partial charge in [-0.15, -0.1) is 11.8 Å². The molecule has 9 heteroatoms. The number of benzene rings is 2. The van der Waals surface area contributed by atoms with Gasteiger partial charge in [-0.1, -0.05) is 22.9 Å². The van der Waals surface area contributed by atoms with Gasteiger partial charge in [0.05, 0.1) is 6.42 Å². The number of amides is 1. The van der Waals surface area contributed by atoms with Crippen molar-refractivity contribution in [1.29, 1.82) is 0 Å². The van der Waals surface area contributed by atoms with E-state index >= 15 is 0 Å². The fourth-order valence-corrected chi connectivity index (χ4v) is 3.31. The third kappa shape index (κ3) is 7.53. The molecule has 0 unspecified atom stereocenters. The van der Waals surface area contributed by atoms with Crippen LogP contribution in [0.1, 0.15) is 17.9 Å². The van der Waals surface area contributed by atoms with E-state index in [4.69, 9.17) is 9.26 Å².